The van der Waals surface area contributed by atoms with Crippen LogP contribution in [0.5, 0.6) is 0 Å². The van der Waals surface area contributed by atoms with Gasteiger partial charge in [0, 0.05) is 30.6 Å². The predicted octanol–water partition coefficient (Wildman–Crippen LogP) is 3.49. The summed E-state index contributed by atoms with van der Waals surface area (Å²) in [5.41, 5.74) is 8.69. The highest BCUT2D eigenvalue weighted by molar-refractivity contribution is 7.88. The van der Waals surface area contributed by atoms with Gasteiger partial charge in [0.1, 0.15) is 17.2 Å². The molecule has 0 bridgehead atoms. The molecular formula is C25H28BFN2O6S. The molecule has 2 fully saturated rings. The van der Waals surface area contributed by atoms with Crippen molar-refractivity contribution in [2.24, 2.45) is 11.7 Å². The second kappa shape index (κ2) is 9.62. The summed E-state index contributed by atoms with van der Waals surface area (Å²) >= 11 is 0. The van der Waals surface area contributed by atoms with E-state index < -0.39 is 28.9 Å². The van der Waals surface area contributed by atoms with Crippen molar-refractivity contribution in [1.29, 1.82) is 0 Å². The van der Waals surface area contributed by atoms with Crippen LogP contribution in [0.1, 0.15) is 46.7 Å². The summed E-state index contributed by atoms with van der Waals surface area (Å²) in [4.78, 5) is 12.4. The molecule has 0 spiro atoms. The number of primary amides is 1. The fourth-order valence-electron chi connectivity index (χ4n) is 4.91. The normalized spacial score (nSPS) is 18.4. The molecule has 2 aromatic carbocycles. The molecule has 1 aliphatic carbocycles. The molecule has 1 unspecified atom stereocenters. The molecule has 36 heavy (non-hydrogen) atoms. The Morgan fingerprint density at radius 1 is 1.25 bits per heavy atom. The molecule has 3 N–H and O–H groups in total. The van der Waals surface area contributed by atoms with Crippen LogP contribution in [0, 0.1) is 11.7 Å². The van der Waals surface area contributed by atoms with Crippen molar-refractivity contribution >= 4 is 34.0 Å². The van der Waals surface area contributed by atoms with E-state index in [4.69, 9.17) is 14.8 Å². The number of benzene rings is 2. The van der Waals surface area contributed by atoms with E-state index in [0.717, 1.165) is 24.0 Å². The van der Waals surface area contributed by atoms with Gasteiger partial charge in [-0.2, -0.15) is 4.31 Å². The van der Waals surface area contributed by atoms with Gasteiger partial charge in [-0.3, -0.25) is 4.79 Å². The lowest BCUT2D eigenvalue weighted by atomic mass is 9.81. The van der Waals surface area contributed by atoms with Gasteiger partial charge in [-0.15, -0.1) is 0 Å². The minimum Gasteiger partial charge on any atom is -0.455 e. The first-order valence-electron chi connectivity index (χ1n) is 12.0. The summed E-state index contributed by atoms with van der Waals surface area (Å²) in [6.45, 7) is 0.870. The number of hydrogen-bond acceptors (Lipinski definition) is 6. The summed E-state index contributed by atoms with van der Waals surface area (Å²) in [7, 11) is -4.31. The molecule has 3 aromatic rings. The van der Waals surface area contributed by atoms with E-state index >= 15 is 0 Å². The third-order valence-corrected chi connectivity index (χ3v) is 8.23. The summed E-state index contributed by atoms with van der Waals surface area (Å²) in [6, 6.07) is 9.30. The maximum absolute atomic E-state index is 13.5. The van der Waals surface area contributed by atoms with Gasteiger partial charge in [-0.05, 0) is 84.9 Å². The first kappa shape index (κ1) is 24.9. The summed E-state index contributed by atoms with van der Waals surface area (Å²) in [6.07, 6.45) is 4.21. The van der Waals surface area contributed by atoms with Crippen LogP contribution in [0.25, 0.3) is 22.3 Å². The highest BCUT2D eigenvalue weighted by Gasteiger charge is 2.32. The molecule has 1 amide bonds. The molecule has 0 radical (unpaired) electrons. The number of rotatable bonds is 9. The van der Waals surface area contributed by atoms with Crippen molar-refractivity contribution < 1.29 is 31.7 Å². The number of nitrogens with zero attached hydrogens (tertiary/aromatic N) is 1. The number of carbonyl (C=O) groups is 1. The van der Waals surface area contributed by atoms with Crippen LogP contribution < -0.4 is 5.73 Å². The molecule has 2 aliphatic rings. The van der Waals surface area contributed by atoms with Gasteiger partial charge < -0.3 is 19.8 Å². The lowest BCUT2D eigenvalue weighted by Gasteiger charge is -2.23. The van der Waals surface area contributed by atoms with Gasteiger partial charge >= 0.3 is 7.12 Å². The molecule has 1 aliphatic heterocycles. The molecule has 1 saturated heterocycles. The summed E-state index contributed by atoms with van der Waals surface area (Å²) in [5, 5.41) is 10.2. The van der Waals surface area contributed by atoms with Crippen molar-refractivity contribution in [2.75, 3.05) is 19.4 Å². The maximum Gasteiger partial charge on any atom is 0.454 e. The molecule has 190 valence electrons. The average Bonchev–Trinajstić information content (AvgIpc) is 3.46. The highest BCUT2D eigenvalue weighted by atomic mass is 32.2. The van der Waals surface area contributed by atoms with Gasteiger partial charge in [0.25, 0.3) is 5.91 Å². The molecule has 5 rings (SSSR count). The minimum absolute atomic E-state index is 0.0936. The molecular weight excluding hydrogens is 486 g/mol. The second-order valence-corrected chi connectivity index (χ2v) is 11.8. The van der Waals surface area contributed by atoms with Gasteiger partial charge in [-0.1, -0.05) is 0 Å². The Labute approximate surface area is 209 Å². The van der Waals surface area contributed by atoms with Crippen LogP contribution >= 0.6 is 0 Å². The topological polar surface area (TPSA) is 123 Å². The van der Waals surface area contributed by atoms with E-state index in [9.17, 15) is 22.6 Å². The predicted molar refractivity (Wildman–Crippen MR) is 134 cm³/mol. The van der Waals surface area contributed by atoms with E-state index in [0.29, 0.717) is 42.4 Å². The standard InChI is InChI=1S/C25H28BFN2O6S/c1-36(32,33)29(9-8-15-12-26(31)34-14-15)13-18-10-22-21(11-20(18)16-2-3-16)23(25(28)30)24(35-22)17-4-6-19(27)7-5-17/h4-7,10-11,15-16,31H,2-3,8-9,12-14H2,1H3,(H2,28,30). The Hall–Kier alpha value is -2.73. The van der Waals surface area contributed by atoms with Crippen LogP contribution in [0.2, 0.25) is 6.32 Å². The fourth-order valence-corrected chi connectivity index (χ4v) is 5.72. The smallest absolute Gasteiger partial charge is 0.454 e. The Balaban J connectivity index is 1.53. The zero-order chi connectivity index (χ0) is 25.6. The monoisotopic (exact) mass is 514 g/mol. The molecule has 11 heteroatoms. The Morgan fingerprint density at radius 2 is 1.97 bits per heavy atom. The molecule has 1 atom stereocenters. The van der Waals surface area contributed by atoms with Crippen LogP contribution in [0.15, 0.2) is 40.8 Å². The van der Waals surface area contributed by atoms with E-state index in [1.165, 1.54) is 34.8 Å². The number of nitrogens with two attached hydrogens (primary N) is 1. The quantitative estimate of drug-likeness (QED) is 0.422. The molecule has 8 nitrogen and oxygen atoms in total. The van der Waals surface area contributed by atoms with E-state index in [-0.39, 0.29) is 29.7 Å². The Kier molecular flexibility index (Phi) is 6.67. The number of carbonyl (C=O) groups excluding carboxylic acids is 1. The minimum atomic E-state index is -3.52. The van der Waals surface area contributed by atoms with Gasteiger partial charge in [0.2, 0.25) is 10.0 Å². The van der Waals surface area contributed by atoms with Crippen molar-refractivity contribution in [1.82, 2.24) is 4.31 Å². The zero-order valence-corrected chi connectivity index (χ0v) is 20.8. The number of halogens is 1. The number of fused-ring (bicyclic) bond motifs is 1. The third kappa shape index (κ3) is 5.20. The SMILES string of the molecule is CS(=O)(=O)N(CCC1COB(O)C1)Cc1cc2oc(-c3ccc(F)cc3)c(C(N)=O)c2cc1C1CC1. The number of furan rings is 1. The van der Waals surface area contributed by atoms with Crippen LogP contribution in [0.3, 0.4) is 0 Å². The van der Waals surface area contributed by atoms with Crippen LogP contribution in [-0.4, -0.2) is 50.2 Å². The van der Waals surface area contributed by atoms with Crippen molar-refractivity contribution in [3.05, 3.63) is 58.9 Å². The summed E-state index contributed by atoms with van der Waals surface area (Å²) in [5.74, 6) is -0.434. The van der Waals surface area contributed by atoms with Crippen LogP contribution in [0.4, 0.5) is 4.39 Å². The third-order valence-electron chi connectivity index (χ3n) is 6.98. The lowest BCUT2D eigenvalue weighted by Crippen LogP contribution is -2.32. The van der Waals surface area contributed by atoms with E-state index in [1.807, 2.05) is 6.07 Å². The van der Waals surface area contributed by atoms with Crippen molar-refractivity contribution in [3.63, 3.8) is 0 Å². The molecule has 2 heterocycles. The number of hydrogen-bond donors (Lipinski definition) is 2. The highest BCUT2D eigenvalue weighted by Crippen LogP contribution is 2.45. The first-order chi connectivity index (χ1) is 17.1. The van der Waals surface area contributed by atoms with E-state index in [1.54, 1.807) is 6.07 Å². The van der Waals surface area contributed by atoms with Gasteiger partial charge in [-0.25, -0.2) is 12.8 Å². The Morgan fingerprint density at radius 3 is 2.56 bits per heavy atom. The fraction of sp³-hybridized carbons (Fsp3) is 0.400. The van der Waals surface area contributed by atoms with Crippen molar-refractivity contribution in [3.8, 4) is 11.3 Å². The average molecular weight is 514 g/mol. The van der Waals surface area contributed by atoms with E-state index in [2.05, 4.69) is 0 Å². The maximum atomic E-state index is 13.5. The van der Waals surface area contributed by atoms with Crippen LogP contribution in [-0.2, 0) is 21.2 Å². The second-order valence-electron chi connectivity index (χ2n) is 9.77. The lowest BCUT2D eigenvalue weighted by molar-refractivity contribution is 0.100. The molecule has 1 aromatic heterocycles. The Bertz CT molecular complexity index is 1400. The summed E-state index contributed by atoms with van der Waals surface area (Å²) < 4.78 is 51.5. The largest absolute Gasteiger partial charge is 0.455 e. The number of sulfonamides is 1. The zero-order valence-electron chi connectivity index (χ0n) is 19.9. The first-order valence-corrected chi connectivity index (χ1v) is 13.8. The van der Waals surface area contributed by atoms with Crippen molar-refractivity contribution in [2.45, 2.75) is 38.0 Å². The van der Waals surface area contributed by atoms with Gasteiger partial charge in [0.05, 0.1) is 11.8 Å². The van der Waals surface area contributed by atoms with Gasteiger partial charge in [0.15, 0.2) is 0 Å². The molecule has 1 saturated carbocycles. The number of amides is 1.